The van der Waals surface area contributed by atoms with E-state index in [-0.39, 0.29) is 12.5 Å². The van der Waals surface area contributed by atoms with E-state index >= 15 is 0 Å². The second-order valence-electron chi connectivity index (χ2n) is 3.43. The fraction of sp³-hybridized carbons (Fsp3) is 0.300. The van der Waals surface area contributed by atoms with Crippen molar-refractivity contribution in [3.63, 3.8) is 0 Å². The molecule has 0 spiro atoms. The van der Waals surface area contributed by atoms with Gasteiger partial charge in [-0.25, -0.2) is 14.3 Å². The summed E-state index contributed by atoms with van der Waals surface area (Å²) in [6, 6.07) is 0. The van der Waals surface area contributed by atoms with E-state index in [1.54, 1.807) is 16.9 Å². The van der Waals surface area contributed by atoms with Crippen LogP contribution in [0.15, 0.2) is 18.6 Å². The predicted octanol–water partition coefficient (Wildman–Crippen LogP) is -0.0447. The van der Waals surface area contributed by atoms with Crippen LogP contribution < -0.4 is 5.32 Å². The molecule has 0 unspecified atom stereocenters. The van der Waals surface area contributed by atoms with Crippen molar-refractivity contribution in [1.29, 1.82) is 0 Å². The maximum Gasteiger partial charge on any atom is 0.343 e. The van der Waals surface area contributed by atoms with Gasteiger partial charge in [0.25, 0.3) is 0 Å². The molecule has 2 heterocycles. The minimum Gasteiger partial charge on any atom is -0.460 e. The fourth-order valence-corrected chi connectivity index (χ4v) is 1.40. The summed E-state index contributed by atoms with van der Waals surface area (Å²) in [5.41, 5.74) is 0.896. The van der Waals surface area contributed by atoms with Gasteiger partial charge in [-0.05, 0) is 0 Å². The lowest BCUT2D eigenvalue weighted by molar-refractivity contribution is -0.119. The van der Waals surface area contributed by atoms with Crippen molar-refractivity contribution in [3.8, 4) is 0 Å². The lowest BCUT2D eigenvalue weighted by atomic mass is 10.3. The average Bonchev–Trinajstić information content (AvgIpc) is 2.85. The van der Waals surface area contributed by atoms with Crippen LogP contribution in [0.1, 0.15) is 17.3 Å². The molecule has 0 saturated heterocycles. The smallest absolute Gasteiger partial charge is 0.343 e. The van der Waals surface area contributed by atoms with Gasteiger partial charge in [-0.15, -0.1) is 0 Å². The van der Waals surface area contributed by atoms with E-state index in [2.05, 4.69) is 15.4 Å². The molecule has 0 saturated carbocycles. The van der Waals surface area contributed by atoms with E-state index in [4.69, 9.17) is 4.74 Å². The van der Waals surface area contributed by atoms with Crippen LogP contribution in [0, 0.1) is 0 Å². The van der Waals surface area contributed by atoms with Gasteiger partial charge in [0.05, 0.1) is 6.54 Å². The Kier molecular flexibility index (Phi) is 3.08. The highest BCUT2D eigenvalue weighted by molar-refractivity contribution is 5.95. The largest absolute Gasteiger partial charge is 0.460 e. The number of aromatic nitrogens is 3. The van der Waals surface area contributed by atoms with Crippen molar-refractivity contribution < 1.29 is 14.3 Å². The molecule has 0 bridgehead atoms. The Morgan fingerprint density at radius 2 is 2.41 bits per heavy atom. The molecular weight excluding hydrogens is 224 g/mol. The molecule has 1 amide bonds. The summed E-state index contributed by atoms with van der Waals surface area (Å²) < 4.78 is 6.60. The topological polar surface area (TPSA) is 88.5 Å². The molecule has 0 fully saturated rings. The van der Waals surface area contributed by atoms with E-state index in [1.807, 2.05) is 0 Å². The summed E-state index contributed by atoms with van der Waals surface area (Å²) in [4.78, 5) is 26.3. The molecule has 0 atom stereocenters. The molecule has 0 radical (unpaired) electrons. The molecule has 90 valence electrons. The van der Waals surface area contributed by atoms with Crippen molar-refractivity contribution in [3.05, 3.63) is 24.2 Å². The number of aromatic amines is 1. The number of fused-ring (bicyclic) bond motifs is 1. The van der Waals surface area contributed by atoms with Crippen LogP contribution in [0.25, 0.3) is 5.65 Å². The van der Waals surface area contributed by atoms with Crippen molar-refractivity contribution in [2.75, 3.05) is 13.2 Å². The van der Waals surface area contributed by atoms with Crippen LogP contribution in [0.3, 0.4) is 0 Å². The first-order chi connectivity index (χ1) is 8.18. The lowest BCUT2D eigenvalue weighted by Gasteiger charge is -2.03. The first-order valence-electron chi connectivity index (χ1n) is 5.10. The van der Waals surface area contributed by atoms with Gasteiger partial charge in [-0.1, -0.05) is 0 Å². The third-order valence-corrected chi connectivity index (χ3v) is 2.16. The highest BCUT2D eigenvalue weighted by atomic mass is 16.5. The summed E-state index contributed by atoms with van der Waals surface area (Å²) in [5.74, 6) is -0.619. The molecule has 2 aromatic heterocycles. The van der Waals surface area contributed by atoms with Gasteiger partial charge in [0, 0.05) is 25.5 Å². The number of H-pyrrole nitrogens is 1. The van der Waals surface area contributed by atoms with Crippen molar-refractivity contribution in [1.82, 2.24) is 19.9 Å². The van der Waals surface area contributed by atoms with Crippen LogP contribution in [-0.4, -0.2) is 39.6 Å². The van der Waals surface area contributed by atoms with E-state index in [9.17, 15) is 9.59 Å². The molecule has 17 heavy (non-hydrogen) atoms. The number of rotatable bonds is 4. The standard InChI is InChI=1S/C10H12N4O3/c1-7(15)11-3-5-17-10(16)8-6-13-14-4-2-12-9(8)14/h2,4,6,13H,3,5H2,1H3,(H,11,15). The summed E-state index contributed by atoms with van der Waals surface area (Å²) in [6.45, 7) is 1.84. The van der Waals surface area contributed by atoms with Crippen molar-refractivity contribution >= 4 is 17.5 Å². The summed E-state index contributed by atoms with van der Waals surface area (Å²) in [5, 5.41) is 5.37. The highest BCUT2D eigenvalue weighted by Gasteiger charge is 2.14. The number of hydrogen-bond donors (Lipinski definition) is 2. The van der Waals surface area contributed by atoms with Crippen LogP contribution in [0.5, 0.6) is 0 Å². The fourth-order valence-electron chi connectivity index (χ4n) is 1.40. The molecule has 0 aliphatic heterocycles. The quantitative estimate of drug-likeness (QED) is 0.575. The van der Waals surface area contributed by atoms with Gasteiger partial charge in [-0.3, -0.25) is 9.89 Å². The maximum atomic E-state index is 11.7. The number of carbonyl (C=O) groups excluding carboxylic acids is 2. The van der Waals surface area contributed by atoms with Gasteiger partial charge in [0.15, 0.2) is 5.65 Å². The third-order valence-electron chi connectivity index (χ3n) is 2.16. The maximum absolute atomic E-state index is 11.7. The SMILES string of the molecule is CC(=O)NCCOC(=O)c1c[nH]n2ccnc12. The Labute approximate surface area is 96.8 Å². The number of nitrogens with zero attached hydrogens (tertiary/aromatic N) is 2. The van der Waals surface area contributed by atoms with Crippen molar-refractivity contribution in [2.24, 2.45) is 0 Å². The highest BCUT2D eigenvalue weighted by Crippen LogP contribution is 2.08. The third kappa shape index (κ3) is 2.44. The molecule has 7 nitrogen and oxygen atoms in total. The Bertz CT molecular complexity index is 542. The summed E-state index contributed by atoms with van der Waals surface area (Å²) >= 11 is 0. The number of esters is 1. The van der Waals surface area contributed by atoms with Crippen LogP contribution >= 0.6 is 0 Å². The average molecular weight is 236 g/mol. The molecule has 7 heteroatoms. The van der Waals surface area contributed by atoms with E-state index in [0.717, 1.165) is 0 Å². The first-order valence-corrected chi connectivity index (χ1v) is 5.10. The number of nitrogens with one attached hydrogen (secondary N) is 2. The van der Waals surface area contributed by atoms with E-state index < -0.39 is 5.97 Å². The second-order valence-corrected chi connectivity index (χ2v) is 3.43. The number of ether oxygens (including phenoxy) is 1. The Hall–Kier alpha value is -2.31. The molecular formula is C10H12N4O3. The van der Waals surface area contributed by atoms with Gasteiger partial charge >= 0.3 is 5.97 Å². The summed E-state index contributed by atoms with van der Waals surface area (Å²) in [6.07, 6.45) is 4.81. The minimum atomic E-state index is -0.465. The summed E-state index contributed by atoms with van der Waals surface area (Å²) in [7, 11) is 0. The zero-order chi connectivity index (χ0) is 12.3. The molecule has 2 N–H and O–H groups in total. The van der Waals surface area contributed by atoms with E-state index in [1.165, 1.54) is 13.1 Å². The predicted molar refractivity (Wildman–Crippen MR) is 58.5 cm³/mol. The number of carbonyl (C=O) groups is 2. The molecule has 0 aliphatic rings. The van der Waals surface area contributed by atoms with E-state index in [0.29, 0.717) is 17.8 Å². The molecule has 0 aliphatic carbocycles. The number of amides is 1. The zero-order valence-electron chi connectivity index (χ0n) is 9.27. The molecule has 2 aromatic rings. The zero-order valence-corrected chi connectivity index (χ0v) is 9.27. The van der Waals surface area contributed by atoms with Crippen LogP contribution in [0.2, 0.25) is 0 Å². The lowest BCUT2D eigenvalue weighted by Crippen LogP contribution is -2.25. The van der Waals surface area contributed by atoms with Gasteiger partial charge in [0.2, 0.25) is 5.91 Å². The van der Waals surface area contributed by atoms with Crippen LogP contribution in [-0.2, 0) is 9.53 Å². The number of imidazole rings is 1. The minimum absolute atomic E-state index is 0.135. The second kappa shape index (κ2) is 4.69. The monoisotopic (exact) mass is 236 g/mol. The van der Waals surface area contributed by atoms with Gasteiger partial charge in [0.1, 0.15) is 12.2 Å². The van der Waals surface area contributed by atoms with Crippen LogP contribution in [0.4, 0.5) is 0 Å². The molecule has 0 aromatic carbocycles. The normalized spacial score (nSPS) is 10.4. The first kappa shape index (κ1) is 11.2. The van der Waals surface area contributed by atoms with Crippen molar-refractivity contribution in [2.45, 2.75) is 6.92 Å². The Balaban J connectivity index is 1.92. The Morgan fingerprint density at radius 3 is 3.18 bits per heavy atom. The van der Waals surface area contributed by atoms with Gasteiger partial charge in [-0.2, -0.15) is 0 Å². The molecule has 2 rings (SSSR count). The Morgan fingerprint density at radius 1 is 1.59 bits per heavy atom. The number of hydrogen-bond acceptors (Lipinski definition) is 4. The van der Waals surface area contributed by atoms with Gasteiger partial charge < -0.3 is 10.1 Å².